The van der Waals surface area contributed by atoms with Crippen LogP contribution in [0.25, 0.3) is 11.0 Å². The summed E-state index contributed by atoms with van der Waals surface area (Å²) in [7, 11) is 0. The van der Waals surface area contributed by atoms with Gasteiger partial charge in [-0.25, -0.2) is 9.59 Å². The highest BCUT2D eigenvalue weighted by molar-refractivity contribution is 5.92. The van der Waals surface area contributed by atoms with Gasteiger partial charge in [-0.1, -0.05) is 121 Å². The SMILES string of the molecule is CCCCCCCCCCCCCCCCCCOC(=O)c1cc2ccccc2oc1=O. The minimum Gasteiger partial charge on any atom is -0.462 e. The van der Waals surface area contributed by atoms with Gasteiger partial charge in [0, 0.05) is 5.39 Å². The first-order valence-electron chi connectivity index (χ1n) is 12.9. The third-order valence-corrected chi connectivity index (χ3v) is 6.09. The predicted octanol–water partition coefficient (Wildman–Crippen LogP) is 8.21. The van der Waals surface area contributed by atoms with Crippen molar-refractivity contribution in [2.75, 3.05) is 6.61 Å². The fraction of sp³-hybridized carbons (Fsp3) is 0.643. The van der Waals surface area contributed by atoms with Crippen molar-refractivity contribution in [3.05, 3.63) is 46.3 Å². The van der Waals surface area contributed by atoms with E-state index in [1.807, 2.05) is 12.1 Å². The van der Waals surface area contributed by atoms with Gasteiger partial charge in [0.2, 0.25) is 0 Å². The largest absolute Gasteiger partial charge is 0.462 e. The number of esters is 1. The molecular formula is C28H42O4. The molecule has 2 aromatic rings. The summed E-state index contributed by atoms with van der Waals surface area (Å²) in [6.45, 7) is 2.62. The number of ether oxygens (including phenoxy) is 1. The Kier molecular flexibility index (Phi) is 13.5. The van der Waals surface area contributed by atoms with E-state index in [1.165, 1.54) is 89.9 Å². The van der Waals surface area contributed by atoms with Crippen molar-refractivity contribution in [2.24, 2.45) is 0 Å². The Morgan fingerprint density at radius 2 is 1.25 bits per heavy atom. The van der Waals surface area contributed by atoms with Crippen molar-refractivity contribution in [2.45, 2.75) is 110 Å². The molecule has 178 valence electrons. The lowest BCUT2D eigenvalue weighted by atomic mass is 10.0. The van der Waals surface area contributed by atoms with Crippen LogP contribution in [0.3, 0.4) is 0 Å². The average Bonchev–Trinajstić information content (AvgIpc) is 2.80. The molecule has 0 saturated carbocycles. The molecule has 0 aliphatic carbocycles. The van der Waals surface area contributed by atoms with E-state index < -0.39 is 11.6 Å². The number of hydrogen-bond donors (Lipinski definition) is 0. The molecule has 0 radical (unpaired) electrons. The molecule has 0 aliphatic rings. The highest BCUT2D eigenvalue weighted by Crippen LogP contribution is 2.15. The fourth-order valence-electron chi connectivity index (χ4n) is 4.10. The van der Waals surface area contributed by atoms with E-state index >= 15 is 0 Å². The number of rotatable bonds is 18. The standard InChI is InChI=1S/C28H42O4/c1-2-3-4-5-6-7-8-9-10-11-12-13-14-15-16-19-22-31-27(29)25-23-24-20-17-18-21-26(24)32-28(25)30/h17-18,20-21,23H,2-16,19,22H2,1H3. The molecule has 0 amide bonds. The quantitative estimate of drug-likeness (QED) is 0.133. The highest BCUT2D eigenvalue weighted by Gasteiger charge is 2.14. The molecule has 0 spiro atoms. The number of carbonyl (C=O) groups is 1. The van der Waals surface area contributed by atoms with Gasteiger partial charge in [0.15, 0.2) is 0 Å². The summed E-state index contributed by atoms with van der Waals surface area (Å²) in [6.07, 6.45) is 20.9. The normalized spacial score (nSPS) is 11.2. The molecule has 0 unspecified atom stereocenters. The Morgan fingerprint density at radius 1 is 0.750 bits per heavy atom. The highest BCUT2D eigenvalue weighted by atomic mass is 16.5. The summed E-state index contributed by atoms with van der Waals surface area (Å²) in [4.78, 5) is 24.2. The fourth-order valence-corrected chi connectivity index (χ4v) is 4.10. The number of unbranched alkanes of at least 4 members (excludes halogenated alkanes) is 15. The van der Waals surface area contributed by atoms with Crippen molar-refractivity contribution in [1.82, 2.24) is 0 Å². The molecule has 0 saturated heterocycles. The zero-order valence-corrected chi connectivity index (χ0v) is 20.0. The van der Waals surface area contributed by atoms with E-state index in [0.717, 1.165) is 18.2 Å². The first kappa shape index (κ1) is 26.2. The zero-order valence-electron chi connectivity index (χ0n) is 20.0. The van der Waals surface area contributed by atoms with Crippen LogP contribution in [0.2, 0.25) is 0 Å². The smallest absolute Gasteiger partial charge is 0.351 e. The van der Waals surface area contributed by atoms with E-state index in [-0.39, 0.29) is 5.56 Å². The lowest BCUT2D eigenvalue weighted by Gasteiger charge is -2.05. The predicted molar refractivity (Wildman–Crippen MR) is 132 cm³/mol. The lowest BCUT2D eigenvalue weighted by molar-refractivity contribution is 0.0493. The van der Waals surface area contributed by atoms with Gasteiger partial charge < -0.3 is 9.15 Å². The minimum absolute atomic E-state index is 0.0276. The molecular weight excluding hydrogens is 400 g/mol. The van der Waals surface area contributed by atoms with Crippen LogP contribution < -0.4 is 5.63 Å². The number of carbonyl (C=O) groups excluding carboxylic acids is 1. The summed E-state index contributed by atoms with van der Waals surface area (Å²) in [5.41, 5.74) is -0.187. The summed E-state index contributed by atoms with van der Waals surface area (Å²) < 4.78 is 10.5. The average molecular weight is 443 g/mol. The summed E-state index contributed by atoms with van der Waals surface area (Å²) in [6, 6.07) is 8.71. The number of benzene rings is 1. The van der Waals surface area contributed by atoms with Gasteiger partial charge in [-0.3, -0.25) is 0 Å². The van der Waals surface area contributed by atoms with Gasteiger partial charge in [0.25, 0.3) is 0 Å². The third-order valence-electron chi connectivity index (χ3n) is 6.09. The van der Waals surface area contributed by atoms with Gasteiger partial charge in [-0.05, 0) is 18.6 Å². The van der Waals surface area contributed by atoms with Crippen molar-refractivity contribution >= 4 is 16.9 Å². The Labute approximate surface area is 193 Å². The number of para-hydroxylation sites is 1. The van der Waals surface area contributed by atoms with Crippen LogP contribution in [0.15, 0.2) is 39.5 Å². The minimum atomic E-state index is -0.638. The second kappa shape index (κ2) is 16.5. The van der Waals surface area contributed by atoms with Crippen LogP contribution >= 0.6 is 0 Å². The molecule has 4 nitrogen and oxygen atoms in total. The molecule has 1 aromatic carbocycles. The van der Waals surface area contributed by atoms with Gasteiger partial charge in [-0.15, -0.1) is 0 Å². The maximum absolute atomic E-state index is 12.2. The monoisotopic (exact) mass is 442 g/mol. The molecule has 2 rings (SSSR count). The van der Waals surface area contributed by atoms with Crippen LogP contribution in [0.5, 0.6) is 0 Å². The molecule has 1 aromatic heterocycles. The van der Waals surface area contributed by atoms with Crippen LogP contribution in [0, 0.1) is 0 Å². The van der Waals surface area contributed by atoms with Crippen LogP contribution in [0.1, 0.15) is 120 Å². The van der Waals surface area contributed by atoms with E-state index in [2.05, 4.69) is 6.92 Å². The van der Waals surface area contributed by atoms with E-state index in [4.69, 9.17) is 9.15 Å². The molecule has 1 heterocycles. The van der Waals surface area contributed by atoms with E-state index in [1.54, 1.807) is 18.2 Å². The topological polar surface area (TPSA) is 56.5 Å². The molecule has 0 aliphatic heterocycles. The third kappa shape index (κ3) is 10.5. The zero-order chi connectivity index (χ0) is 22.9. The number of hydrogen-bond acceptors (Lipinski definition) is 4. The van der Waals surface area contributed by atoms with E-state index in [9.17, 15) is 9.59 Å². The summed E-state index contributed by atoms with van der Waals surface area (Å²) >= 11 is 0. The van der Waals surface area contributed by atoms with E-state index in [0.29, 0.717) is 12.2 Å². The molecule has 0 atom stereocenters. The van der Waals surface area contributed by atoms with Crippen LogP contribution in [-0.2, 0) is 4.74 Å². The second-order valence-electron chi connectivity index (χ2n) is 8.92. The lowest BCUT2D eigenvalue weighted by Crippen LogP contribution is -2.16. The maximum Gasteiger partial charge on any atom is 0.351 e. The first-order valence-corrected chi connectivity index (χ1v) is 12.9. The van der Waals surface area contributed by atoms with Crippen LogP contribution in [-0.4, -0.2) is 12.6 Å². The Morgan fingerprint density at radius 3 is 1.81 bits per heavy atom. The molecule has 32 heavy (non-hydrogen) atoms. The second-order valence-corrected chi connectivity index (χ2v) is 8.92. The van der Waals surface area contributed by atoms with Crippen molar-refractivity contribution < 1.29 is 13.9 Å². The summed E-state index contributed by atoms with van der Waals surface area (Å²) in [5, 5.41) is 0.724. The number of fused-ring (bicyclic) bond motifs is 1. The van der Waals surface area contributed by atoms with Gasteiger partial charge >= 0.3 is 11.6 Å². The Bertz CT molecular complexity index is 824. The molecule has 0 N–H and O–H groups in total. The molecule has 4 heteroatoms. The van der Waals surface area contributed by atoms with Crippen molar-refractivity contribution in [3.8, 4) is 0 Å². The maximum atomic E-state index is 12.2. The molecule has 0 bridgehead atoms. The van der Waals surface area contributed by atoms with Crippen molar-refractivity contribution in [1.29, 1.82) is 0 Å². The molecule has 0 fully saturated rings. The van der Waals surface area contributed by atoms with Crippen LogP contribution in [0.4, 0.5) is 0 Å². The Hall–Kier alpha value is -2.10. The summed E-state index contributed by atoms with van der Waals surface area (Å²) in [5.74, 6) is -0.592. The van der Waals surface area contributed by atoms with Gasteiger partial charge in [-0.2, -0.15) is 0 Å². The Balaban J connectivity index is 1.42. The van der Waals surface area contributed by atoms with Gasteiger partial charge in [0.1, 0.15) is 11.1 Å². The van der Waals surface area contributed by atoms with Crippen molar-refractivity contribution in [3.63, 3.8) is 0 Å². The first-order chi connectivity index (χ1) is 15.7. The van der Waals surface area contributed by atoms with Gasteiger partial charge in [0.05, 0.1) is 6.61 Å².